The van der Waals surface area contributed by atoms with Crippen molar-refractivity contribution in [3.8, 4) is 0 Å². The number of hydrogen-bond acceptors (Lipinski definition) is 5. The van der Waals surface area contributed by atoms with E-state index in [1.54, 1.807) is 0 Å². The van der Waals surface area contributed by atoms with Crippen molar-refractivity contribution in [1.82, 2.24) is 19.1 Å². The van der Waals surface area contributed by atoms with Gasteiger partial charge in [0.1, 0.15) is 0 Å². The van der Waals surface area contributed by atoms with Crippen LogP contribution < -0.4 is 0 Å². The van der Waals surface area contributed by atoms with Gasteiger partial charge in [-0.05, 0) is 0 Å². The molecule has 0 N–H and O–H groups in total. The Morgan fingerprint density at radius 3 is 1.04 bits per heavy atom. The molecular formula is C20H41N4OP. The molecule has 4 aliphatic rings. The van der Waals surface area contributed by atoms with Crippen LogP contribution >= 0.6 is 7.94 Å². The van der Waals surface area contributed by atoms with E-state index in [2.05, 4.69) is 19.1 Å². The van der Waals surface area contributed by atoms with Crippen LogP contribution in [0.15, 0.2) is 0 Å². The van der Waals surface area contributed by atoms with Crippen molar-refractivity contribution < 1.29 is 4.62 Å². The molecule has 0 bridgehead atoms. The molecule has 0 spiro atoms. The van der Waals surface area contributed by atoms with Gasteiger partial charge in [0.15, 0.2) is 0 Å². The molecule has 4 fully saturated rings. The Labute approximate surface area is 161 Å². The third-order valence-electron chi connectivity index (χ3n) is 6.87. The van der Waals surface area contributed by atoms with E-state index >= 15 is 0 Å². The fourth-order valence-electron chi connectivity index (χ4n) is 5.46. The summed E-state index contributed by atoms with van der Waals surface area (Å²) in [7, 11) is -2.25. The molecule has 4 rings (SSSR count). The molecular weight excluding hydrogens is 343 g/mol. The van der Waals surface area contributed by atoms with Gasteiger partial charge in [-0.1, -0.05) is 0 Å². The Bertz CT molecular complexity index is 368. The predicted octanol–water partition coefficient (Wildman–Crippen LogP) is 4.27. The van der Waals surface area contributed by atoms with Gasteiger partial charge in [-0.2, -0.15) is 0 Å². The zero-order valence-electron chi connectivity index (χ0n) is 16.8. The van der Waals surface area contributed by atoms with Crippen LogP contribution in [0.4, 0.5) is 0 Å². The second kappa shape index (κ2) is 9.62. The summed E-state index contributed by atoms with van der Waals surface area (Å²) in [6.07, 6.45) is 16.4. The number of hydrogen-bond donors (Lipinski definition) is 0. The summed E-state index contributed by atoms with van der Waals surface area (Å²) in [5.41, 5.74) is 0. The molecule has 0 unspecified atom stereocenters. The van der Waals surface area contributed by atoms with Crippen LogP contribution in [0, 0.1) is 0 Å². The average molecular weight is 385 g/mol. The minimum absolute atomic E-state index is 1.14. The van der Waals surface area contributed by atoms with E-state index in [-0.39, 0.29) is 0 Å². The van der Waals surface area contributed by atoms with Crippen molar-refractivity contribution in [2.24, 2.45) is 0 Å². The van der Waals surface area contributed by atoms with Gasteiger partial charge in [-0.25, -0.2) is 0 Å². The molecule has 26 heavy (non-hydrogen) atoms. The SMILES string of the molecule is C1CCN(O[PH](N2CCCCC2)(N2CCCCC2)N2CCCCC2)CC1. The molecule has 0 aromatic carbocycles. The topological polar surface area (TPSA) is 22.2 Å². The standard InChI is InChI=1S/C20H41N4OP/c1-5-13-21(14-6-1)25-26(22-15-7-2-8-16-22,23-17-9-3-10-18-23)24-19-11-4-12-20-24/h26H,1-20H2. The summed E-state index contributed by atoms with van der Waals surface area (Å²) >= 11 is 0. The Balaban J connectivity index is 1.64. The summed E-state index contributed by atoms with van der Waals surface area (Å²) in [4.78, 5) is 0. The van der Waals surface area contributed by atoms with Crippen LogP contribution in [0.25, 0.3) is 0 Å². The first-order valence-electron chi connectivity index (χ1n) is 11.6. The number of hydroxylamine groups is 2. The van der Waals surface area contributed by atoms with Crippen LogP contribution in [0.5, 0.6) is 0 Å². The van der Waals surface area contributed by atoms with E-state index < -0.39 is 7.94 Å². The van der Waals surface area contributed by atoms with E-state index in [4.69, 9.17) is 4.62 Å². The van der Waals surface area contributed by atoms with Gasteiger partial charge in [0.05, 0.1) is 0 Å². The van der Waals surface area contributed by atoms with E-state index in [0.29, 0.717) is 0 Å². The Morgan fingerprint density at radius 2 is 0.692 bits per heavy atom. The second-order valence-corrected chi connectivity index (χ2v) is 12.0. The molecule has 4 aliphatic heterocycles. The Morgan fingerprint density at radius 1 is 0.385 bits per heavy atom. The van der Waals surface area contributed by atoms with E-state index in [1.807, 2.05) is 0 Å². The summed E-state index contributed by atoms with van der Waals surface area (Å²) in [6.45, 7) is 9.83. The van der Waals surface area contributed by atoms with Gasteiger partial charge in [-0.15, -0.1) is 0 Å². The monoisotopic (exact) mass is 384 g/mol. The van der Waals surface area contributed by atoms with Gasteiger partial charge < -0.3 is 0 Å². The molecule has 0 amide bonds. The van der Waals surface area contributed by atoms with Gasteiger partial charge >= 0.3 is 161 Å². The van der Waals surface area contributed by atoms with Crippen LogP contribution in [-0.2, 0) is 4.62 Å². The summed E-state index contributed by atoms with van der Waals surface area (Å²) in [5.74, 6) is 0. The normalized spacial score (nSPS) is 29.7. The Kier molecular flexibility index (Phi) is 7.23. The molecule has 5 nitrogen and oxygen atoms in total. The fraction of sp³-hybridized carbons (Fsp3) is 1.00. The molecule has 4 saturated heterocycles. The molecule has 0 saturated carbocycles. The quantitative estimate of drug-likeness (QED) is 0.658. The van der Waals surface area contributed by atoms with Gasteiger partial charge in [0, 0.05) is 0 Å². The van der Waals surface area contributed by atoms with Crippen molar-refractivity contribution >= 4 is 7.94 Å². The van der Waals surface area contributed by atoms with Crippen molar-refractivity contribution in [2.45, 2.75) is 77.0 Å². The third kappa shape index (κ3) is 4.29. The molecule has 6 heteroatoms. The molecule has 4 heterocycles. The van der Waals surface area contributed by atoms with Crippen LogP contribution in [0.3, 0.4) is 0 Å². The van der Waals surface area contributed by atoms with E-state index in [9.17, 15) is 0 Å². The number of piperidine rings is 4. The molecule has 0 radical (unpaired) electrons. The number of rotatable bonds is 5. The van der Waals surface area contributed by atoms with Crippen molar-refractivity contribution in [2.75, 3.05) is 52.4 Å². The second-order valence-electron chi connectivity index (χ2n) is 8.80. The zero-order chi connectivity index (χ0) is 17.7. The van der Waals surface area contributed by atoms with Crippen molar-refractivity contribution in [1.29, 1.82) is 0 Å². The van der Waals surface area contributed by atoms with E-state index in [0.717, 1.165) is 13.1 Å². The number of nitrogens with zero attached hydrogens (tertiary/aromatic N) is 4. The van der Waals surface area contributed by atoms with Crippen molar-refractivity contribution in [3.05, 3.63) is 0 Å². The maximum atomic E-state index is 7.25. The first-order valence-corrected chi connectivity index (χ1v) is 13.3. The van der Waals surface area contributed by atoms with E-state index in [1.165, 1.54) is 116 Å². The zero-order valence-corrected chi connectivity index (χ0v) is 17.8. The van der Waals surface area contributed by atoms with Gasteiger partial charge in [0.25, 0.3) is 0 Å². The summed E-state index contributed by atoms with van der Waals surface area (Å²) in [5, 5.41) is 2.40. The first-order chi connectivity index (χ1) is 12.9. The summed E-state index contributed by atoms with van der Waals surface area (Å²) < 4.78 is 15.8. The maximum absolute atomic E-state index is 7.25. The average Bonchev–Trinajstić information content (AvgIpc) is 2.75. The Hall–Kier alpha value is 0.230. The summed E-state index contributed by atoms with van der Waals surface area (Å²) in [6, 6.07) is 0. The minimum atomic E-state index is -2.25. The fourth-order valence-corrected chi connectivity index (χ4v) is 10.2. The molecule has 152 valence electrons. The third-order valence-corrected chi connectivity index (χ3v) is 11.2. The van der Waals surface area contributed by atoms with Crippen LogP contribution in [0.2, 0.25) is 0 Å². The first kappa shape index (κ1) is 19.5. The van der Waals surface area contributed by atoms with Crippen LogP contribution in [0.1, 0.15) is 77.0 Å². The molecule has 0 aromatic heterocycles. The van der Waals surface area contributed by atoms with Gasteiger partial charge in [0.2, 0.25) is 0 Å². The molecule has 0 aliphatic carbocycles. The predicted molar refractivity (Wildman–Crippen MR) is 111 cm³/mol. The molecule has 0 atom stereocenters. The van der Waals surface area contributed by atoms with Gasteiger partial charge in [-0.3, -0.25) is 0 Å². The molecule has 0 aromatic rings. The van der Waals surface area contributed by atoms with Crippen LogP contribution in [-0.4, -0.2) is 71.4 Å². The van der Waals surface area contributed by atoms with Crippen molar-refractivity contribution in [3.63, 3.8) is 0 Å².